The van der Waals surface area contributed by atoms with E-state index in [0.29, 0.717) is 13.1 Å². The van der Waals surface area contributed by atoms with Gasteiger partial charge in [0.25, 0.3) is 0 Å². The smallest absolute Gasteiger partial charge is 0.243 e. The second-order valence-electron chi connectivity index (χ2n) is 6.55. The monoisotopic (exact) mass is 391 g/mol. The SMILES string of the molecule is Cc1ccc(NC(=O)CN2CCN(S(=O)(=O)c3ccc(F)cc3)CC2)cc1. The molecule has 1 N–H and O–H groups in total. The number of anilines is 1. The molecule has 0 radical (unpaired) electrons. The number of aryl methyl sites for hydroxylation is 1. The summed E-state index contributed by atoms with van der Waals surface area (Å²) in [7, 11) is -3.64. The Morgan fingerprint density at radius 2 is 1.59 bits per heavy atom. The van der Waals surface area contributed by atoms with E-state index in [2.05, 4.69) is 5.32 Å². The number of sulfonamides is 1. The fourth-order valence-corrected chi connectivity index (χ4v) is 4.35. The van der Waals surface area contributed by atoms with Crippen LogP contribution >= 0.6 is 0 Å². The number of rotatable bonds is 5. The number of halogens is 1. The van der Waals surface area contributed by atoms with Gasteiger partial charge in [0.1, 0.15) is 5.82 Å². The number of nitrogens with zero attached hydrogens (tertiary/aromatic N) is 2. The highest BCUT2D eigenvalue weighted by molar-refractivity contribution is 7.89. The molecule has 1 fully saturated rings. The molecule has 3 rings (SSSR count). The maximum absolute atomic E-state index is 13.0. The first-order valence-corrected chi connectivity index (χ1v) is 10.1. The highest BCUT2D eigenvalue weighted by Crippen LogP contribution is 2.18. The van der Waals surface area contributed by atoms with Gasteiger partial charge >= 0.3 is 0 Å². The molecule has 27 heavy (non-hydrogen) atoms. The van der Waals surface area contributed by atoms with Crippen LogP contribution in [0.15, 0.2) is 53.4 Å². The molecule has 6 nitrogen and oxygen atoms in total. The molecule has 1 aliphatic heterocycles. The van der Waals surface area contributed by atoms with Crippen LogP contribution in [-0.4, -0.2) is 56.3 Å². The van der Waals surface area contributed by atoms with E-state index < -0.39 is 15.8 Å². The van der Waals surface area contributed by atoms with Gasteiger partial charge in [0.05, 0.1) is 11.4 Å². The van der Waals surface area contributed by atoms with E-state index in [1.54, 1.807) is 0 Å². The lowest BCUT2D eigenvalue weighted by Crippen LogP contribution is -2.50. The fraction of sp³-hybridized carbons (Fsp3) is 0.316. The Morgan fingerprint density at radius 1 is 1.00 bits per heavy atom. The number of carbonyl (C=O) groups excluding carboxylic acids is 1. The molecule has 0 aromatic heterocycles. The molecule has 0 saturated carbocycles. The van der Waals surface area contributed by atoms with E-state index in [0.717, 1.165) is 23.4 Å². The van der Waals surface area contributed by atoms with Crippen molar-refractivity contribution in [3.05, 3.63) is 59.9 Å². The van der Waals surface area contributed by atoms with Crippen molar-refractivity contribution >= 4 is 21.6 Å². The van der Waals surface area contributed by atoms with E-state index in [-0.39, 0.29) is 30.4 Å². The topological polar surface area (TPSA) is 69.7 Å². The van der Waals surface area contributed by atoms with Crippen LogP contribution < -0.4 is 5.32 Å². The van der Waals surface area contributed by atoms with E-state index >= 15 is 0 Å². The quantitative estimate of drug-likeness (QED) is 0.847. The largest absolute Gasteiger partial charge is 0.325 e. The summed E-state index contributed by atoms with van der Waals surface area (Å²) >= 11 is 0. The molecule has 8 heteroatoms. The second-order valence-corrected chi connectivity index (χ2v) is 8.49. The van der Waals surface area contributed by atoms with Gasteiger partial charge in [-0.15, -0.1) is 0 Å². The Hall–Kier alpha value is -2.29. The minimum atomic E-state index is -3.64. The van der Waals surface area contributed by atoms with E-state index in [1.165, 1.54) is 16.4 Å². The molecule has 0 aliphatic carbocycles. The zero-order valence-corrected chi connectivity index (χ0v) is 15.9. The standard InChI is InChI=1S/C19H22FN3O3S/c1-15-2-6-17(7-3-15)21-19(24)14-22-10-12-23(13-11-22)27(25,26)18-8-4-16(20)5-9-18/h2-9H,10-14H2,1H3,(H,21,24). The number of benzene rings is 2. The number of nitrogens with one attached hydrogen (secondary N) is 1. The maximum atomic E-state index is 13.0. The van der Waals surface area contributed by atoms with E-state index in [1.807, 2.05) is 36.1 Å². The normalized spacial score (nSPS) is 16.2. The minimum absolute atomic E-state index is 0.0782. The molecule has 1 amide bonds. The lowest BCUT2D eigenvalue weighted by molar-refractivity contribution is -0.117. The first kappa shape index (κ1) is 19.5. The van der Waals surface area contributed by atoms with Crippen LogP contribution in [0, 0.1) is 12.7 Å². The van der Waals surface area contributed by atoms with Crippen molar-refractivity contribution in [3.8, 4) is 0 Å². The Bertz CT molecular complexity index is 891. The molecule has 0 bridgehead atoms. The van der Waals surface area contributed by atoms with Gasteiger partial charge in [-0.25, -0.2) is 12.8 Å². The predicted octanol–water partition coefficient (Wildman–Crippen LogP) is 2.08. The summed E-state index contributed by atoms with van der Waals surface area (Å²) in [5.74, 6) is -0.605. The Morgan fingerprint density at radius 3 is 2.19 bits per heavy atom. The third-order valence-corrected chi connectivity index (χ3v) is 6.40. The molecular weight excluding hydrogens is 369 g/mol. The molecule has 1 heterocycles. The van der Waals surface area contributed by atoms with Crippen molar-refractivity contribution < 1.29 is 17.6 Å². The van der Waals surface area contributed by atoms with E-state index in [9.17, 15) is 17.6 Å². The van der Waals surface area contributed by atoms with Crippen molar-refractivity contribution in [2.24, 2.45) is 0 Å². The van der Waals surface area contributed by atoms with Crippen LogP contribution in [0.1, 0.15) is 5.56 Å². The summed E-state index contributed by atoms with van der Waals surface area (Å²) in [5.41, 5.74) is 1.86. The van der Waals surface area contributed by atoms with Crippen molar-refractivity contribution in [1.82, 2.24) is 9.21 Å². The lowest BCUT2D eigenvalue weighted by atomic mass is 10.2. The summed E-state index contributed by atoms with van der Waals surface area (Å²) in [6.45, 7) is 3.68. The third-order valence-electron chi connectivity index (χ3n) is 4.49. The van der Waals surface area contributed by atoms with Crippen molar-refractivity contribution in [2.75, 3.05) is 38.0 Å². The summed E-state index contributed by atoms with van der Waals surface area (Å²) < 4.78 is 39.6. The summed E-state index contributed by atoms with van der Waals surface area (Å²) in [6.07, 6.45) is 0. The third kappa shape index (κ3) is 4.91. The Balaban J connectivity index is 1.53. The minimum Gasteiger partial charge on any atom is -0.325 e. The summed E-state index contributed by atoms with van der Waals surface area (Å²) in [5, 5.41) is 2.84. The van der Waals surface area contributed by atoms with Crippen LogP contribution in [-0.2, 0) is 14.8 Å². The Labute approximate surface area is 158 Å². The van der Waals surface area contributed by atoms with Gasteiger partial charge in [-0.3, -0.25) is 9.69 Å². The highest BCUT2D eigenvalue weighted by atomic mass is 32.2. The molecule has 144 valence electrons. The molecule has 1 saturated heterocycles. The molecule has 1 aliphatic rings. The van der Waals surface area contributed by atoms with Crippen LogP contribution in [0.3, 0.4) is 0 Å². The van der Waals surface area contributed by atoms with Crippen molar-refractivity contribution in [3.63, 3.8) is 0 Å². The lowest BCUT2D eigenvalue weighted by Gasteiger charge is -2.33. The van der Waals surface area contributed by atoms with Crippen LogP contribution in [0.25, 0.3) is 0 Å². The van der Waals surface area contributed by atoms with Gasteiger partial charge < -0.3 is 5.32 Å². The zero-order valence-electron chi connectivity index (χ0n) is 15.1. The van der Waals surface area contributed by atoms with Crippen LogP contribution in [0.2, 0.25) is 0 Å². The first-order chi connectivity index (χ1) is 12.8. The van der Waals surface area contributed by atoms with E-state index in [4.69, 9.17) is 0 Å². The van der Waals surface area contributed by atoms with Gasteiger partial charge in [0, 0.05) is 31.9 Å². The number of hydrogen-bond acceptors (Lipinski definition) is 4. The van der Waals surface area contributed by atoms with Crippen molar-refractivity contribution in [2.45, 2.75) is 11.8 Å². The number of hydrogen-bond donors (Lipinski definition) is 1. The molecule has 0 unspecified atom stereocenters. The second kappa shape index (κ2) is 8.16. The van der Waals surface area contributed by atoms with Gasteiger partial charge in [-0.2, -0.15) is 4.31 Å². The van der Waals surface area contributed by atoms with Crippen LogP contribution in [0.5, 0.6) is 0 Å². The number of carbonyl (C=O) groups is 1. The number of piperazine rings is 1. The van der Waals surface area contributed by atoms with Gasteiger partial charge in [-0.1, -0.05) is 17.7 Å². The fourth-order valence-electron chi connectivity index (χ4n) is 2.92. The highest BCUT2D eigenvalue weighted by Gasteiger charge is 2.29. The molecule has 2 aromatic carbocycles. The summed E-state index contributed by atoms with van der Waals surface area (Å²) in [4.78, 5) is 14.2. The Kier molecular flexibility index (Phi) is 5.88. The first-order valence-electron chi connectivity index (χ1n) is 8.69. The average molecular weight is 391 g/mol. The number of amides is 1. The van der Waals surface area contributed by atoms with Gasteiger partial charge in [-0.05, 0) is 43.3 Å². The predicted molar refractivity (Wildman–Crippen MR) is 101 cm³/mol. The van der Waals surface area contributed by atoms with Gasteiger partial charge in [0.2, 0.25) is 15.9 Å². The average Bonchev–Trinajstić information content (AvgIpc) is 2.64. The van der Waals surface area contributed by atoms with Gasteiger partial charge in [0.15, 0.2) is 0 Å². The molecule has 2 aromatic rings. The summed E-state index contributed by atoms with van der Waals surface area (Å²) in [6, 6.07) is 12.4. The molecule has 0 atom stereocenters. The zero-order chi connectivity index (χ0) is 19.4. The van der Waals surface area contributed by atoms with Crippen molar-refractivity contribution in [1.29, 1.82) is 0 Å². The molecule has 0 spiro atoms. The van der Waals surface area contributed by atoms with Crippen LogP contribution in [0.4, 0.5) is 10.1 Å². The maximum Gasteiger partial charge on any atom is 0.243 e. The molecular formula is C19H22FN3O3S.